The fourth-order valence-electron chi connectivity index (χ4n) is 1.77. The second-order valence-corrected chi connectivity index (χ2v) is 4.35. The molecule has 0 fully saturated rings. The highest BCUT2D eigenvalue weighted by Gasteiger charge is 2.05. The molecule has 94 valence electrons. The van der Waals surface area contributed by atoms with E-state index in [0.29, 0.717) is 6.61 Å². The molecule has 0 radical (unpaired) electrons. The lowest BCUT2D eigenvalue weighted by Crippen LogP contribution is -2.02. The summed E-state index contributed by atoms with van der Waals surface area (Å²) >= 11 is 0. The smallest absolute Gasteiger partial charge is 0.330 e. The van der Waals surface area contributed by atoms with Crippen LogP contribution in [0, 0.1) is 0 Å². The van der Waals surface area contributed by atoms with Gasteiger partial charge in [-0.15, -0.1) is 0 Å². The molecule has 1 aliphatic carbocycles. The molecule has 17 heavy (non-hydrogen) atoms. The maximum Gasteiger partial charge on any atom is 0.330 e. The van der Waals surface area contributed by atoms with E-state index in [2.05, 4.69) is 19.6 Å². The van der Waals surface area contributed by atoms with Crippen LogP contribution in [0.4, 0.5) is 0 Å². The number of unbranched alkanes of at least 4 members (excludes halogenated alkanes) is 1. The fourth-order valence-corrected chi connectivity index (χ4v) is 1.77. The molecule has 0 bridgehead atoms. The Bertz CT molecular complexity index is 324. The standard InChI is InChI=1S/C15H22O2/c1-3-4-12-17-15(16)11-10-13(2)14-8-6-5-7-9-14/h8,10-11H,2-7,9,12H2,1H3/b11-10+. The zero-order valence-corrected chi connectivity index (χ0v) is 10.7. The predicted octanol–water partition coefficient (Wildman–Crippen LogP) is 3.94. The topological polar surface area (TPSA) is 26.3 Å². The quantitative estimate of drug-likeness (QED) is 0.301. The van der Waals surface area contributed by atoms with Gasteiger partial charge in [-0.25, -0.2) is 4.79 Å². The van der Waals surface area contributed by atoms with Crippen LogP contribution in [0.5, 0.6) is 0 Å². The van der Waals surface area contributed by atoms with E-state index in [0.717, 1.165) is 31.3 Å². The maximum absolute atomic E-state index is 11.3. The van der Waals surface area contributed by atoms with Crippen molar-refractivity contribution in [3.8, 4) is 0 Å². The van der Waals surface area contributed by atoms with Crippen molar-refractivity contribution >= 4 is 5.97 Å². The van der Waals surface area contributed by atoms with Gasteiger partial charge in [0.25, 0.3) is 0 Å². The summed E-state index contributed by atoms with van der Waals surface area (Å²) < 4.78 is 5.03. The summed E-state index contributed by atoms with van der Waals surface area (Å²) in [7, 11) is 0. The molecule has 0 spiro atoms. The van der Waals surface area contributed by atoms with Crippen LogP contribution in [-0.4, -0.2) is 12.6 Å². The van der Waals surface area contributed by atoms with E-state index in [1.807, 2.05) is 0 Å². The molecule has 1 rings (SSSR count). The highest BCUT2D eigenvalue weighted by molar-refractivity contribution is 5.82. The zero-order chi connectivity index (χ0) is 12.5. The number of hydrogen-bond donors (Lipinski definition) is 0. The summed E-state index contributed by atoms with van der Waals surface area (Å²) in [5, 5.41) is 0. The van der Waals surface area contributed by atoms with E-state index in [1.165, 1.54) is 24.5 Å². The molecule has 2 nitrogen and oxygen atoms in total. The second-order valence-electron chi connectivity index (χ2n) is 4.35. The monoisotopic (exact) mass is 234 g/mol. The molecule has 0 saturated carbocycles. The van der Waals surface area contributed by atoms with Gasteiger partial charge in [-0.05, 0) is 49.3 Å². The molecule has 0 saturated heterocycles. The van der Waals surface area contributed by atoms with Gasteiger partial charge in [0.1, 0.15) is 0 Å². The normalized spacial score (nSPS) is 15.7. The largest absolute Gasteiger partial charge is 0.463 e. The number of carbonyl (C=O) groups excluding carboxylic acids is 1. The van der Waals surface area contributed by atoms with Crippen molar-refractivity contribution in [3.63, 3.8) is 0 Å². The van der Waals surface area contributed by atoms with Crippen LogP contribution in [0.15, 0.2) is 36.0 Å². The molecule has 2 heteroatoms. The molecule has 0 unspecified atom stereocenters. The fraction of sp³-hybridized carbons (Fsp3) is 0.533. The lowest BCUT2D eigenvalue weighted by molar-refractivity contribution is -0.137. The van der Waals surface area contributed by atoms with Gasteiger partial charge in [0.2, 0.25) is 0 Å². The third-order valence-corrected chi connectivity index (χ3v) is 2.87. The molecule has 1 aliphatic rings. The van der Waals surface area contributed by atoms with Crippen molar-refractivity contribution in [1.82, 2.24) is 0 Å². The number of carbonyl (C=O) groups is 1. The lowest BCUT2D eigenvalue weighted by Gasteiger charge is -2.12. The van der Waals surface area contributed by atoms with Crippen LogP contribution in [-0.2, 0) is 9.53 Å². The third kappa shape index (κ3) is 5.53. The van der Waals surface area contributed by atoms with Gasteiger partial charge < -0.3 is 4.74 Å². The number of hydrogen-bond acceptors (Lipinski definition) is 2. The van der Waals surface area contributed by atoms with Crippen molar-refractivity contribution < 1.29 is 9.53 Å². The Morgan fingerprint density at radius 2 is 2.29 bits per heavy atom. The first kappa shape index (κ1) is 13.8. The van der Waals surface area contributed by atoms with Crippen LogP contribution < -0.4 is 0 Å². The molecule has 0 aromatic carbocycles. The highest BCUT2D eigenvalue weighted by atomic mass is 16.5. The molecular formula is C15H22O2. The number of allylic oxidation sites excluding steroid dienone is 4. The Morgan fingerprint density at radius 3 is 2.94 bits per heavy atom. The summed E-state index contributed by atoms with van der Waals surface area (Å²) in [4.78, 5) is 11.3. The third-order valence-electron chi connectivity index (χ3n) is 2.87. The minimum absolute atomic E-state index is 0.268. The van der Waals surface area contributed by atoms with E-state index in [4.69, 9.17) is 4.74 Å². The van der Waals surface area contributed by atoms with Crippen molar-refractivity contribution in [2.45, 2.75) is 45.4 Å². The molecule has 0 amide bonds. The Hall–Kier alpha value is -1.31. The summed E-state index contributed by atoms with van der Waals surface area (Å²) in [5.41, 5.74) is 2.21. The van der Waals surface area contributed by atoms with E-state index >= 15 is 0 Å². The molecule has 0 aliphatic heterocycles. The van der Waals surface area contributed by atoms with Crippen LogP contribution in [0.3, 0.4) is 0 Å². The Balaban J connectivity index is 2.34. The van der Waals surface area contributed by atoms with E-state index in [-0.39, 0.29) is 5.97 Å². The molecule has 0 N–H and O–H groups in total. The first-order chi connectivity index (χ1) is 8.24. The average molecular weight is 234 g/mol. The van der Waals surface area contributed by atoms with Gasteiger partial charge in [-0.2, -0.15) is 0 Å². The van der Waals surface area contributed by atoms with Crippen molar-refractivity contribution in [2.75, 3.05) is 6.61 Å². The summed E-state index contributed by atoms with van der Waals surface area (Å²) in [5.74, 6) is -0.268. The average Bonchev–Trinajstić information content (AvgIpc) is 2.37. The SMILES string of the molecule is C=C(/C=C/C(=O)OCCCC)C1=CCCCC1. The van der Waals surface area contributed by atoms with Crippen molar-refractivity contribution in [3.05, 3.63) is 36.0 Å². The van der Waals surface area contributed by atoms with E-state index in [9.17, 15) is 4.79 Å². The molecule has 0 atom stereocenters. The minimum Gasteiger partial charge on any atom is -0.463 e. The molecule has 0 aromatic rings. The Morgan fingerprint density at radius 1 is 1.47 bits per heavy atom. The van der Waals surface area contributed by atoms with E-state index in [1.54, 1.807) is 6.08 Å². The summed E-state index contributed by atoms with van der Waals surface area (Å²) in [6.07, 6.45) is 12.1. The molecular weight excluding hydrogens is 212 g/mol. The maximum atomic E-state index is 11.3. The number of rotatable bonds is 6. The first-order valence-electron chi connectivity index (χ1n) is 6.47. The predicted molar refractivity (Wildman–Crippen MR) is 70.7 cm³/mol. The Kier molecular flexibility index (Phi) is 6.38. The van der Waals surface area contributed by atoms with Gasteiger partial charge in [-0.1, -0.05) is 26.0 Å². The van der Waals surface area contributed by atoms with Crippen molar-refractivity contribution in [1.29, 1.82) is 0 Å². The zero-order valence-electron chi connectivity index (χ0n) is 10.7. The number of ether oxygens (including phenoxy) is 1. The van der Waals surface area contributed by atoms with Crippen molar-refractivity contribution in [2.24, 2.45) is 0 Å². The minimum atomic E-state index is -0.268. The van der Waals surface area contributed by atoms with E-state index < -0.39 is 0 Å². The highest BCUT2D eigenvalue weighted by Crippen LogP contribution is 2.23. The van der Waals surface area contributed by atoms with Gasteiger partial charge in [0.05, 0.1) is 6.61 Å². The van der Waals surface area contributed by atoms with Gasteiger partial charge in [0.15, 0.2) is 0 Å². The Labute approximate surface area is 104 Å². The second kappa shape index (κ2) is 7.88. The van der Waals surface area contributed by atoms with Crippen LogP contribution >= 0.6 is 0 Å². The van der Waals surface area contributed by atoms with Crippen LogP contribution in [0.2, 0.25) is 0 Å². The lowest BCUT2D eigenvalue weighted by atomic mass is 9.94. The number of esters is 1. The van der Waals surface area contributed by atoms with Crippen LogP contribution in [0.1, 0.15) is 45.4 Å². The first-order valence-corrected chi connectivity index (χ1v) is 6.47. The summed E-state index contributed by atoms with van der Waals surface area (Å²) in [6.45, 7) is 6.56. The molecule has 0 heterocycles. The van der Waals surface area contributed by atoms with Crippen LogP contribution in [0.25, 0.3) is 0 Å². The summed E-state index contributed by atoms with van der Waals surface area (Å²) in [6, 6.07) is 0. The van der Waals surface area contributed by atoms with Gasteiger partial charge in [-0.3, -0.25) is 0 Å². The van der Waals surface area contributed by atoms with Gasteiger partial charge in [0, 0.05) is 6.08 Å². The van der Waals surface area contributed by atoms with Gasteiger partial charge >= 0.3 is 5.97 Å². The molecule has 0 aromatic heterocycles.